The van der Waals surface area contributed by atoms with Gasteiger partial charge in [-0.3, -0.25) is 4.79 Å². The average Bonchev–Trinajstić information content (AvgIpc) is 2.29. The summed E-state index contributed by atoms with van der Waals surface area (Å²) in [6, 6.07) is 5.93. The van der Waals surface area contributed by atoms with E-state index in [1.807, 2.05) is 0 Å². The van der Waals surface area contributed by atoms with Crippen LogP contribution in [-0.2, 0) is 9.53 Å². The Kier molecular flexibility index (Phi) is 5.70. The Morgan fingerprint density at radius 3 is 2.59 bits per heavy atom. The highest BCUT2D eigenvalue weighted by Crippen LogP contribution is 2.34. The third-order valence-corrected chi connectivity index (χ3v) is 8.30. The maximum atomic E-state index is 11.4. The third-order valence-electron chi connectivity index (χ3n) is 3.70. The summed E-state index contributed by atoms with van der Waals surface area (Å²) in [6.45, 7) is 4.60. The molecule has 0 aliphatic carbocycles. The molecule has 1 saturated heterocycles. The van der Waals surface area contributed by atoms with Crippen molar-refractivity contribution in [3.63, 3.8) is 0 Å². The molecule has 4 heteroatoms. The van der Waals surface area contributed by atoms with Crippen molar-refractivity contribution in [1.29, 1.82) is 5.26 Å². The van der Waals surface area contributed by atoms with Crippen LogP contribution >= 0.6 is 0 Å². The first-order chi connectivity index (χ1) is 8.09. The predicted octanol–water partition coefficient (Wildman–Crippen LogP) is 3.34. The van der Waals surface area contributed by atoms with Crippen LogP contribution in [0.4, 0.5) is 0 Å². The molecule has 0 N–H and O–H groups in total. The molecule has 0 aromatic rings. The number of ether oxygens (including phenoxy) is 1. The summed E-state index contributed by atoms with van der Waals surface area (Å²) in [5.74, 6) is -0.337. The molecular formula is C13H23NO2Si. The highest BCUT2D eigenvalue weighted by Gasteiger charge is 2.32. The van der Waals surface area contributed by atoms with Gasteiger partial charge >= 0.3 is 5.97 Å². The Hall–Kier alpha value is -0.823. The Balaban J connectivity index is 2.45. The lowest BCUT2D eigenvalue weighted by atomic mass is 10.1. The predicted molar refractivity (Wildman–Crippen MR) is 70.2 cm³/mol. The first kappa shape index (κ1) is 14.2. The summed E-state index contributed by atoms with van der Waals surface area (Å²) in [5, 5.41) is 9.15. The molecule has 96 valence electrons. The topological polar surface area (TPSA) is 50.1 Å². The largest absolute Gasteiger partial charge is 0.466 e. The van der Waals surface area contributed by atoms with Gasteiger partial charge in [-0.1, -0.05) is 37.9 Å². The number of carbonyl (C=O) groups excluding carboxylic acids is 1. The van der Waals surface area contributed by atoms with Crippen LogP contribution in [0.2, 0.25) is 24.7 Å². The second-order valence-corrected chi connectivity index (χ2v) is 10.4. The van der Waals surface area contributed by atoms with Gasteiger partial charge in [-0.2, -0.15) is 5.26 Å². The molecule has 1 rings (SSSR count). The summed E-state index contributed by atoms with van der Waals surface area (Å²) < 4.78 is 4.92. The number of rotatable bonds is 5. The van der Waals surface area contributed by atoms with Crippen LogP contribution in [0.25, 0.3) is 0 Å². The molecule has 0 amide bonds. The molecular weight excluding hydrogens is 230 g/mol. The van der Waals surface area contributed by atoms with Crippen LogP contribution in [0.3, 0.4) is 0 Å². The van der Waals surface area contributed by atoms with Crippen molar-refractivity contribution in [2.45, 2.75) is 57.3 Å². The molecule has 1 heterocycles. The molecule has 1 fully saturated rings. The van der Waals surface area contributed by atoms with Gasteiger partial charge in [0.2, 0.25) is 0 Å². The van der Waals surface area contributed by atoms with E-state index in [1.165, 1.54) is 31.4 Å². The molecule has 0 spiro atoms. The standard InChI is InChI=1S/C13H23NO2Si/c1-3-16-13(15)9-12(10-14)11-17(2)7-5-4-6-8-17/h12H,3-9,11H2,1-2H3. The summed E-state index contributed by atoms with van der Waals surface area (Å²) in [5.41, 5.74) is 0. The Labute approximate surface area is 105 Å². The number of nitrogens with zero attached hydrogens (tertiary/aromatic N) is 1. The Morgan fingerprint density at radius 1 is 1.41 bits per heavy atom. The van der Waals surface area contributed by atoms with Crippen molar-refractivity contribution in [3.8, 4) is 6.07 Å². The number of hydrogen-bond donors (Lipinski definition) is 0. The van der Waals surface area contributed by atoms with E-state index in [2.05, 4.69) is 12.6 Å². The van der Waals surface area contributed by atoms with Crippen LogP contribution in [0, 0.1) is 17.2 Å². The molecule has 3 nitrogen and oxygen atoms in total. The number of hydrogen-bond acceptors (Lipinski definition) is 3. The number of nitriles is 1. The zero-order valence-corrected chi connectivity index (χ0v) is 12.0. The molecule has 1 aliphatic heterocycles. The van der Waals surface area contributed by atoms with Crippen molar-refractivity contribution in [2.75, 3.05) is 6.61 Å². The monoisotopic (exact) mass is 253 g/mol. The molecule has 17 heavy (non-hydrogen) atoms. The normalized spacial score (nSPS) is 20.3. The van der Waals surface area contributed by atoms with Crippen LogP contribution < -0.4 is 0 Å². The molecule has 1 unspecified atom stereocenters. The zero-order chi connectivity index (χ0) is 12.7. The minimum atomic E-state index is -1.24. The lowest BCUT2D eigenvalue weighted by molar-refractivity contribution is -0.143. The van der Waals surface area contributed by atoms with E-state index in [4.69, 9.17) is 10.00 Å². The summed E-state index contributed by atoms with van der Waals surface area (Å²) in [6.07, 6.45) is 4.27. The smallest absolute Gasteiger partial charge is 0.307 e. The Morgan fingerprint density at radius 2 is 2.06 bits per heavy atom. The van der Waals surface area contributed by atoms with Crippen molar-refractivity contribution >= 4 is 14.0 Å². The fourth-order valence-electron chi connectivity index (χ4n) is 2.79. The average molecular weight is 253 g/mol. The van der Waals surface area contributed by atoms with Gasteiger partial charge in [0.1, 0.15) is 0 Å². The van der Waals surface area contributed by atoms with E-state index < -0.39 is 8.07 Å². The van der Waals surface area contributed by atoms with Gasteiger partial charge in [-0.15, -0.1) is 0 Å². The molecule has 1 atom stereocenters. The summed E-state index contributed by atoms with van der Waals surface area (Å²) in [7, 11) is -1.24. The Bertz CT molecular complexity index is 292. The maximum absolute atomic E-state index is 11.4. The maximum Gasteiger partial charge on any atom is 0.307 e. The first-order valence-corrected chi connectivity index (χ1v) is 9.77. The van der Waals surface area contributed by atoms with Gasteiger partial charge in [0.05, 0.1) is 33.1 Å². The lowest BCUT2D eigenvalue weighted by Gasteiger charge is -2.32. The van der Waals surface area contributed by atoms with E-state index in [1.54, 1.807) is 6.92 Å². The van der Waals surface area contributed by atoms with Crippen LogP contribution in [0.15, 0.2) is 0 Å². The fraction of sp³-hybridized carbons (Fsp3) is 0.846. The van der Waals surface area contributed by atoms with E-state index in [-0.39, 0.29) is 18.3 Å². The quantitative estimate of drug-likeness (QED) is 0.557. The minimum Gasteiger partial charge on any atom is -0.466 e. The molecule has 0 aromatic carbocycles. The molecule has 0 radical (unpaired) electrons. The van der Waals surface area contributed by atoms with Gasteiger partial charge < -0.3 is 4.74 Å². The van der Waals surface area contributed by atoms with Crippen LogP contribution in [0.1, 0.15) is 32.6 Å². The summed E-state index contributed by atoms with van der Waals surface area (Å²) >= 11 is 0. The van der Waals surface area contributed by atoms with Gasteiger partial charge in [0.25, 0.3) is 0 Å². The third kappa shape index (κ3) is 4.91. The zero-order valence-electron chi connectivity index (χ0n) is 11.0. The SMILES string of the molecule is CCOC(=O)CC(C#N)C[Si]1(C)CCCCC1. The van der Waals surface area contributed by atoms with E-state index in [0.29, 0.717) is 6.61 Å². The van der Waals surface area contributed by atoms with Crippen molar-refractivity contribution in [2.24, 2.45) is 5.92 Å². The summed E-state index contributed by atoms with van der Waals surface area (Å²) in [4.78, 5) is 11.4. The molecule has 0 aromatic heterocycles. The van der Waals surface area contributed by atoms with Crippen LogP contribution in [-0.4, -0.2) is 20.7 Å². The second-order valence-electron chi connectivity index (χ2n) is 5.41. The lowest BCUT2D eigenvalue weighted by Crippen LogP contribution is -2.34. The highest BCUT2D eigenvalue weighted by molar-refractivity contribution is 6.78. The molecule has 0 saturated carbocycles. The first-order valence-electron chi connectivity index (χ1n) is 6.65. The van der Waals surface area contributed by atoms with E-state index in [0.717, 1.165) is 6.04 Å². The van der Waals surface area contributed by atoms with E-state index in [9.17, 15) is 4.79 Å². The minimum absolute atomic E-state index is 0.121. The van der Waals surface area contributed by atoms with Crippen molar-refractivity contribution < 1.29 is 9.53 Å². The fourth-order valence-corrected chi connectivity index (χ4v) is 7.08. The van der Waals surface area contributed by atoms with Gasteiger partial charge in [-0.25, -0.2) is 0 Å². The van der Waals surface area contributed by atoms with Gasteiger partial charge in [-0.05, 0) is 13.0 Å². The van der Waals surface area contributed by atoms with Crippen molar-refractivity contribution in [3.05, 3.63) is 0 Å². The molecule has 0 bridgehead atoms. The number of esters is 1. The van der Waals surface area contributed by atoms with Gasteiger partial charge in [0, 0.05) is 0 Å². The second kappa shape index (κ2) is 6.80. The van der Waals surface area contributed by atoms with Crippen LogP contribution in [0.5, 0.6) is 0 Å². The molecule has 1 aliphatic rings. The van der Waals surface area contributed by atoms with Gasteiger partial charge in [0.15, 0.2) is 0 Å². The number of carbonyl (C=O) groups is 1. The highest BCUT2D eigenvalue weighted by atomic mass is 28.3. The van der Waals surface area contributed by atoms with E-state index >= 15 is 0 Å². The van der Waals surface area contributed by atoms with Crippen molar-refractivity contribution in [1.82, 2.24) is 0 Å².